The Kier molecular flexibility index (Phi) is 7.65. The normalized spacial score (nSPS) is 14.2. The van der Waals surface area contributed by atoms with Crippen molar-refractivity contribution in [2.24, 2.45) is 0 Å². The van der Waals surface area contributed by atoms with Gasteiger partial charge in [-0.15, -0.1) is 11.3 Å². The van der Waals surface area contributed by atoms with Crippen LogP contribution in [-0.4, -0.2) is 60.2 Å². The average Bonchev–Trinajstić information content (AvgIpc) is 3.34. The topological polar surface area (TPSA) is 85.7 Å². The van der Waals surface area contributed by atoms with Crippen LogP contribution in [0.2, 0.25) is 0 Å². The maximum Gasteiger partial charge on any atom is 0.411 e. The highest BCUT2D eigenvalue weighted by Crippen LogP contribution is 2.21. The van der Waals surface area contributed by atoms with Gasteiger partial charge in [0.2, 0.25) is 0 Å². The third kappa shape index (κ3) is 6.25. The molecule has 168 valence electrons. The number of hydrogen-bond acceptors (Lipinski definition) is 7. The number of thiophene rings is 1. The molecule has 1 N–H and O–H groups in total. The molecule has 0 aliphatic carbocycles. The number of anilines is 1. The van der Waals surface area contributed by atoms with Crippen LogP contribution in [-0.2, 0) is 16.0 Å². The van der Waals surface area contributed by atoms with Crippen LogP contribution >= 0.6 is 11.3 Å². The van der Waals surface area contributed by atoms with Gasteiger partial charge in [-0.1, -0.05) is 18.2 Å². The fraction of sp³-hybridized carbons (Fsp3) is 0.348. The molecule has 0 saturated carbocycles. The van der Waals surface area contributed by atoms with Crippen LogP contribution < -0.4 is 10.9 Å². The molecule has 1 amide bonds. The van der Waals surface area contributed by atoms with Gasteiger partial charge in [0, 0.05) is 31.4 Å². The summed E-state index contributed by atoms with van der Waals surface area (Å²) in [5.74, 6) is 0. The van der Waals surface area contributed by atoms with Crippen LogP contribution in [0.25, 0.3) is 10.6 Å². The third-order valence-electron chi connectivity index (χ3n) is 5.10. The second-order valence-electron chi connectivity index (χ2n) is 7.46. The zero-order chi connectivity index (χ0) is 22.2. The number of morpholine rings is 1. The highest BCUT2D eigenvalue weighted by molar-refractivity contribution is 7.13. The number of nitrogens with zero attached hydrogens (tertiary/aromatic N) is 3. The van der Waals surface area contributed by atoms with Crippen LogP contribution in [0, 0.1) is 0 Å². The van der Waals surface area contributed by atoms with E-state index in [9.17, 15) is 9.59 Å². The first-order chi connectivity index (χ1) is 15.7. The van der Waals surface area contributed by atoms with Gasteiger partial charge in [0.1, 0.15) is 5.69 Å². The number of aromatic nitrogens is 2. The summed E-state index contributed by atoms with van der Waals surface area (Å²) in [7, 11) is 0. The Morgan fingerprint density at radius 2 is 2.03 bits per heavy atom. The van der Waals surface area contributed by atoms with E-state index in [0.29, 0.717) is 18.8 Å². The van der Waals surface area contributed by atoms with E-state index in [-0.39, 0.29) is 5.56 Å². The van der Waals surface area contributed by atoms with Gasteiger partial charge in [0.05, 0.1) is 31.2 Å². The molecule has 1 aliphatic heterocycles. The molecular weight excluding hydrogens is 428 g/mol. The minimum absolute atomic E-state index is 0.177. The van der Waals surface area contributed by atoms with Crippen LogP contribution in [0.15, 0.2) is 58.7 Å². The number of hydrogen-bond donors (Lipinski definition) is 1. The largest absolute Gasteiger partial charge is 0.449 e. The Morgan fingerprint density at radius 1 is 1.16 bits per heavy atom. The first-order valence-corrected chi connectivity index (χ1v) is 11.5. The Morgan fingerprint density at radius 3 is 2.84 bits per heavy atom. The summed E-state index contributed by atoms with van der Waals surface area (Å²) in [6, 6.07) is 14.5. The van der Waals surface area contributed by atoms with E-state index >= 15 is 0 Å². The summed E-state index contributed by atoms with van der Waals surface area (Å²) in [6.07, 6.45) is 0.293. The van der Waals surface area contributed by atoms with E-state index in [0.717, 1.165) is 55.4 Å². The maximum absolute atomic E-state index is 12.3. The number of nitrogens with one attached hydrogen (secondary N) is 1. The van der Waals surface area contributed by atoms with Crippen molar-refractivity contribution in [3.63, 3.8) is 0 Å². The second-order valence-corrected chi connectivity index (χ2v) is 8.41. The third-order valence-corrected chi connectivity index (χ3v) is 5.99. The molecule has 4 rings (SSSR count). The van der Waals surface area contributed by atoms with Crippen molar-refractivity contribution in [3.8, 4) is 10.6 Å². The molecule has 0 spiro atoms. The Bertz CT molecular complexity index is 1080. The lowest BCUT2D eigenvalue weighted by atomic mass is 10.2. The molecule has 0 bridgehead atoms. The van der Waals surface area contributed by atoms with Gasteiger partial charge in [-0.2, -0.15) is 5.10 Å². The fourth-order valence-corrected chi connectivity index (χ4v) is 4.16. The van der Waals surface area contributed by atoms with Gasteiger partial charge < -0.3 is 9.47 Å². The van der Waals surface area contributed by atoms with Crippen molar-refractivity contribution in [2.75, 3.05) is 44.8 Å². The molecule has 0 unspecified atom stereocenters. The quantitative estimate of drug-likeness (QED) is 0.526. The lowest BCUT2D eigenvalue weighted by Gasteiger charge is -2.26. The van der Waals surface area contributed by atoms with Crippen molar-refractivity contribution in [3.05, 3.63) is 69.8 Å². The number of carbonyl (C=O) groups excluding carboxylic acids is 1. The highest BCUT2D eigenvalue weighted by Gasteiger charge is 2.11. The summed E-state index contributed by atoms with van der Waals surface area (Å²) in [6.45, 7) is 4.92. The Balaban J connectivity index is 1.30. The predicted octanol–water partition coefficient (Wildman–Crippen LogP) is 3.29. The second kappa shape index (κ2) is 11.0. The van der Waals surface area contributed by atoms with Crippen LogP contribution in [0.3, 0.4) is 0 Å². The Labute approximate surface area is 190 Å². The van der Waals surface area contributed by atoms with E-state index in [4.69, 9.17) is 9.47 Å². The maximum atomic E-state index is 12.3. The van der Waals surface area contributed by atoms with E-state index in [2.05, 4.69) is 15.3 Å². The number of ether oxygens (including phenoxy) is 2. The first-order valence-electron chi connectivity index (χ1n) is 10.6. The molecule has 9 heteroatoms. The van der Waals surface area contributed by atoms with Crippen molar-refractivity contribution in [1.29, 1.82) is 0 Å². The van der Waals surface area contributed by atoms with Crippen molar-refractivity contribution >= 4 is 23.1 Å². The van der Waals surface area contributed by atoms with Crippen LogP contribution in [0.4, 0.5) is 10.5 Å². The molecule has 3 aromatic rings. The zero-order valence-electron chi connectivity index (χ0n) is 17.7. The lowest BCUT2D eigenvalue weighted by Crippen LogP contribution is -2.37. The molecule has 1 saturated heterocycles. The van der Waals surface area contributed by atoms with Crippen molar-refractivity contribution in [1.82, 2.24) is 14.7 Å². The van der Waals surface area contributed by atoms with Gasteiger partial charge in [0.25, 0.3) is 5.56 Å². The summed E-state index contributed by atoms with van der Waals surface area (Å²) in [4.78, 5) is 27.7. The first kappa shape index (κ1) is 22.2. The SMILES string of the molecule is O=C(Nc1cccc(Cn2nc(-c3cccs3)ccc2=O)c1)OCCCN1CCOCC1. The molecule has 1 aliphatic rings. The van der Waals surface area contributed by atoms with Crippen molar-refractivity contribution in [2.45, 2.75) is 13.0 Å². The summed E-state index contributed by atoms with van der Waals surface area (Å²) in [5, 5.41) is 9.21. The van der Waals surface area contributed by atoms with E-state index in [1.807, 2.05) is 35.7 Å². The van der Waals surface area contributed by atoms with Gasteiger partial charge in [-0.25, -0.2) is 9.48 Å². The van der Waals surface area contributed by atoms with Gasteiger partial charge in [-0.05, 0) is 41.6 Å². The van der Waals surface area contributed by atoms with Gasteiger partial charge in [0.15, 0.2) is 0 Å². The molecule has 3 heterocycles. The smallest absolute Gasteiger partial charge is 0.411 e. The molecular formula is C23H26N4O4S. The minimum Gasteiger partial charge on any atom is -0.449 e. The van der Waals surface area contributed by atoms with Crippen LogP contribution in [0.5, 0.6) is 0 Å². The minimum atomic E-state index is -0.487. The number of benzene rings is 1. The van der Waals surface area contributed by atoms with E-state index in [1.54, 1.807) is 23.5 Å². The highest BCUT2D eigenvalue weighted by atomic mass is 32.1. The zero-order valence-corrected chi connectivity index (χ0v) is 18.6. The van der Waals surface area contributed by atoms with Crippen molar-refractivity contribution < 1.29 is 14.3 Å². The molecule has 8 nitrogen and oxygen atoms in total. The summed E-state index contributed by atoms with van der Waals surface area (Å²) >= 11 is 1.57. The summed E-state index contributed by atoms with van der Waals surface area (Å²) in [5.41, 5.74) is 2.05. The Hall–Kier alpha value is -3.01. The van der Waals surface area contributed by atoms with E-state index < -0.39 is 6.09 Å². The molecule has 32 heavy (non-hydrogen) atoms. The lowest BCUT2D eigenvalue weighted by molar-refractivity contribution is 0.0348. The van der Waals surface area contributed by atoms with Crippen LogP contribution in [0.1, 0.15) is 12.0 Å². The number of amides is 1. The predicted molar refractivity (Wildman–Crippen MR) is 124 cm³/mol. The number of carbonyl (C=O) groups is 1. The molecule has 1 aromatic carbocycles. The van der Waals surface area contributed by atoms with Gasteiger partial charge >= 0.3 is 6.09 Å². The van der Waals surface area contributed by atoms with E-state index in [1.165, 1.54) is 10.7 Å². The molecule has 1 fully saturated rings. The van der Waals surface area contributed by atoms with Gasteiger partial charge in [-0.3, -0.25) is 15.0 Å². The summed E-state index contributed by atoms with van der Waals surface area (Å²) < 4.78 is 12.1. The molecule has 0 radical (unpaired) electrons. The molecule has 2 aromatic heterocycles. The monoisotopic (exact) mass is 454 g/mol. The molecule has 0 atom stereocenters. The number of rotatable bonds is 8. The average molecular weight is 455 g/mol. The fourth-order valence-electron chi connectivity index (χ4n) is 3.47. The standard InChI is InChI=1S/C23H26N4O4S/c28-22-8-7-20(21-6-2-15-32-21)25-27(22)17-18-4-1-5-19(16-18)24-23(29)31-12-3-9-26-10-13-30-14-11-26/h1-2,4-8,15-16H,3,9-14,17H2,(H,24,29).